The van der Waals surface area contributed by atoms with Crippen molar-refractivity contribution in [1.29, 1.82) is 5.26 Å². The van der Waals surface area contributed by atoms with Gasteiger partial charge in [0.1, 0.15) is 11.4 Å². The fourth-order valence-electron chi connectivity index (χ4n) is 3.83. The molecule has 2 fully saturated rings. The number of carbonyl (C=O) groups is 2. The van der Waals surface area contributed by atoms with Crippen LogP contribution in [-0.4, -0.2) is 42.9 Å². The Balaban J connectivity index is 1.49. The first-order valence-corrected chi connectivity index (χ1v) is 12.4. The molecule has 0 bridgehead atoms. The van der Waals surface area contributed by atoms with Crippen molar-refractivity contribution in [2.24, 2.45) is 4.99 Å². The zero-order valence-corrected chi connectivity index (χ0v) is 20.7. The minimum atomic E-state index is -0.937. The van der Waals surface area contributed by atoms with Crippen molar-refractivity contribution in [3.8, 4) is 6.19 Å². The summed E-state index contributed by atoms with van der Waals surface area (Å²) in [6.45, 7) is 1.49. The molecule has 2 aliphatic rings. The Morgan fingerprint density at radius 1 is 1.27 bits per heavy atom. The largest absolute Gasteiger partial charge is 0.379 e. The normalized spacial score (nSPS) is 18.7. The third-order valence-electron chi connectivity index (χ3n) is 5.71. The van der Waals surface area contributed by atoms with E-state index in [9.17, 15) is 9.59 Å². The molecule has 1 aromatic heterocycles. The van der Waals surface area contributed by atoms with Crippen LogP contribution < -0.4 is 15.5 Å². The van der Waals surface area contributed by atoms with Gasteiger partial charge in [0.2, 0.25) is 12.1 Å². The number of aliphatic imine (C=N–C) groups is 1. The molecule has 1 saturated heterocycles. The number of amides is 2. The molecule has 8 nitrogen and oxygen atoms in total. The molecule has 2 N–H and O–H groups in total. The van der Waals surface area contributed by atoms with E-state index in [1.165, 1.54) is 11.3 Å². The van der Waals surface area contributed by atoms with E-state index in [1.807, 2.05) is 11.1 Å². The van der Waals surface area contributed by atoms with Gasteiger partial charge in [-0.05, 0) is 65.5 Å². The van der Waals surface area contributed by atoms with Crippen molar-refractivity contribution in [1.82, 2.24) is 5.32 Å². The first kappa shape index (κ1) is 23.7. The number of nitrogens with one attached hydrogen (secondary N) is 2. The summed E-state index contributed by atoms with van der Waals surface area (Å²) in [4.78, 5) is 32.1. The molecule has 33 heavy (non-hydrogen) atoms. The van der Waals surface area contributed by atoms with E-state index >= 15 is 0 Å². The number of ether oxygens (including phenoxy) is 1. The standard InChI is InChI=1S/C22H21BrClN5O3S/c23-18-5-4-17(33-18)20(30)28-22(7-1-8-22)21(31)27-14-2-3-16(15(24)12-14)29-9-11-32-10-6-19(29)26-13-25/h2-5,12H,1,6-11H2,(H,27,31)(H,28,30). The van der Waals surface area contributed by atoms with Crippen molar-refractivity contribution < 1.29 is 14.3 Å². The quantitative estimate of drug-likeness (QED) is 0.531. The molecule has 0 spiro atoms. The summed E-state index contributed by atoms with van der Waals surface area (Å²) in [6, 6.07) is 8.73. The number of hydrogen-bond donors (Lipinski definition) is 2. The molecule has 0 atom stereocenters. The van der Waals surface area contributed by atoms with Gasteiger partial charge in [-0.15, -0.1) is 11.3 Å². The Hall–Kier alpha value is -2.45. The molecule has 2 heterocycles. The molecule has 2 aromatic rings. The van der Waals surface area contributed by atoms with Crippen molar-refractivity contribution >= 4 is 67.9 Å². The van der Waals surface area contributed by atoms with Gasteiger partial charge < -0.3 is 20.3 Å². The SMILES string of the molecule is N#CN=C1CCOCCN1c1ccc(NC(=O)C2(NC(=O)c3ccc(Br)s3)CCC2)cc1Cl. The molecule has 2 amide bonds. The molecule has 11 heteroatoms. The lowest BCUT2D eigenvalue weighted by Crippen LogP contribution is -2.61. The number of thiophene rings is 1. The zero-order valence-electron chi connectivity index (χ0n) is 17.6. The summed E-state index contributed by atoms with van der Waals surface area (Å²) in [5.41, 5.74) is 0.273. The minimum absolute atomic E-state index is 0.262. The van der Waals surface area contributed by atoms with Crippen LogP contribution in [0, 0.1) is 11.5 Å². The number of hydrogen-bond acceptors (Lipinski definition) is 6. The molecule has 0 radical (unpaired) electrons. The maximum Gasteiger partial charge on any atom is 0.262 e. The minimum Gasteiger partial charge on any atom is -0.379 e. The van der Waals surface area contributed by atoms with Crippen LogP contribution in [-0.2, 0) is 9.53 Å². The molecular weight excluding hydrogens is 530 g/mol. The topological polar surface area (TPSA) is 107 Å². The van der Waals surface area contributed by atoms with Gasteiger partial charge in [-0.2, -0.15) is 10.3 Å². The maximum absolute atomic E-state index is 13.1. The highest BCUT2D eigenvalue weighted by atomic mass is 79.9. The molecular formula is C22H21BrClN5O3S. The average molecular weight is 551 g/mol. The highest BCUT2D eigenvalue weighted by Gasteiger charge is 2.45. The summed E-state index contributed by atoms with van der Waals surface area (Å²) in [7, 11) is 0. The predicted molar refractivity (Wildman–Crippen MR) is 132 cm³/mol. The maximum atomic E-state index is 13.1. The van der Waals surface area contributed by atoms with Crippen LogP contribution in [0.3, 0.4) is 0 Å². The summed E-state index contributed by atoms with van der Waals surface area (Å²) in [5, 5.41) is 15.2. The van der Waals surface area contributed by atoms with Crippen molar-refractivity contribution in [2.45, 2.75) is 31.2 Å². The van der Waals surface area contributed by atoms with Gasteiger partial charge in [-0.25, -0.2) is 0 Å². The van der Waals surface area contributed by atoms with Crippen LogP contribution in [0.4, 0.5) is 11.4 Å². The Morgan fingerprint density at radius 2 is 2.09 bits per heavy atom. The van der Waals surface area contributed by atoms with Gasteiger partial charge in [-0.3, -0.25) is 9.59 Å². The first-order chi connectivity index (χ1) is 15.9. The second kappa shape index (κ2) is 10.2. The lowest BCUT2D eigenvalue weighted by molar-refractivity contribution is -0.125. The molecule has 1 aromatic carbocycles. The van der Waals surface area contributed by atoms with E-state index in [1.54, 1.807) is 30.3 Å². The molecule has 1 aliphatic carbocycles. The summed E-state index contributed by atoms with van der Waals surface area (Å²) in [6.07, 6.45) is 4.35. The second-order valence-corrected chi connectivity index (χ2v) is 10.6. The van der Waals surface area contributed by atoms with E-state index in [0.717, 1.165) is 10.2 Å². The van der Waals surface area contributed by atoms with E-state index in [-0.39, 0.29) is 11.8 Å². The van der Waals surface area contributed by atoms with Crippen LogP contribution in [0.15, 0.2) is 39.1 Å². The summed E-state index contributed by atoms with van der Waals surface area (Å²) >= 11 is 11.2. The molecule has 172 valence electrons. The highest BCUT2D eigenvalue weighted by molar-refractivity contribution is 9.11. The van der Waals surface area contributed by atoms with E-state index in [0.29, 0.717) is 66.1 Å². The predicted octanol–water partition coefficient (Wildman–Crippen LogP) is 4.56. The van der Waals surface area contributed by atoms with Gasteiger partial charge in [0, 0.05) is 18.7 Å². The van der Waals surface area contributed by atoms with Gasteiger partial charge >= 0.3 is 0 Å². The smallest absolute Gasteiger partial charge is 0.262 e. The van der Waals surface area contributed by atoms with Crippen LogP contribution in [0.1, 0.15) is 35.4 Å². The highest BCUT2D eigenvalue weighted by Crippen LogP contribution is 2.35. The van der Waals surface area contributed by atoms with Crippen LogP contribution >= 0.6 is 38.9 Å². The lowest BCUT2D eigenvalue weighted by Gasteiger charge is -2.40. The number of rotatable bonds is 5. The summed E-state index contributed by atoms with van der Waals surface area (Å²) < 4.78 is 6.35. The van der Waals surface area contributed by atoms with Crippen molar-refractivity contribution in [3.05, 3.63) is 44.0 Å². The Labute approximate surface area is 208 Å². The number of benzene rings is 1. The third-order valence-corrected chi connectivity index (χ3v) is 7.63. The fraction of sp³-hybridized carbons (Fsp3) is 0.364. The number of anilines is 2. The van der Waals surface area contributed by atoms with Crippen LogP contribution in [0.5, 0.6) is 0 Å². The number of nitrogens with zero attached hydrogens (tertiary/aromatic N) is 3. The Kier molecular flexibility index (Phi) is 7.34. The van der Waals surface area contributed by atoms with Gasteiger partial charge in [-0.1, -0.05) is 11.6 Å². The number of amidine groups is 1. The lowest BCUT2D eigenvalue weighted by atomic mass is 9.75. The monoisotopic (exact) mass is 549 g/mol. The van der Waals surface area contributed by atoms with Gasteiger partial charge in [0.15, 0.2) is 0 Å². The number of carbonyl (C=O) groups excluding carboxylic acids is 2. The van der Waals surface area contributed by atoms with Crippen LogP contribution in [0.25, 0.3) is 0 Å². The molecule has 1 aliphatic heterocycles. The average Bonchev–Trinajstić information content (AvgIpc) is 3.07. The van der Waals surface area contributed by atoms with Gasteiger partial charge in [0.05, 0.1) is 32.6 Å². The van der Waals surface area contributed by atoms with E-state index in [2.05, 4.69) is 31.6 Å². The van der Waals surface area contributed by atoms with Crippen molar-refractivity contribution in [3.63, 3.8) is 0 Å². The fourth-order valence-corrected chi connectivity index (χ4v) is 5.39. The third kappa shape index (κ3) is 5.22. The van der Waals surface area contributed by atoms with Crippen LogP contribution in [0.2, 0.25) is 5.02 Å². The summed E-state index contributed by atoms with van der Waals surface area (Å²) in [5.74, 6) is 0.0584. The Bertz CT molecular complexity index is 1140. The van der Waals surface area contributed by atoms with Crippen molar-refractivity contribution in [2.75, 3.05) is 30.0 Å². The Morgan fingerprint density at radius 3 is 2.73 bits per heavy atom. The molecule has 4 rings (SSSR count). The zero-order chi connectivity index (χ0) is 23.4. The molecule has 1 saturated carbocycles. The first-order valence-electron chi connectivity index (χ1n) is 10.4. The molecule has 0 unspecified atom stereocenters. The number of halogens is 2. The van der Waals surface area contributed by atoms with Gasteiger partial charge in [0.25, 0.3) is 5.91 Å². The second-order valence-electron chi connectivity index (χ2n) is 7.76. The number of nitriles is 1. The van der Waals surface area contributed by atoms with E-state index < -0.39 is 5.54 Å². The van der Waals surface area contributed by atoms with E-state index in [4.69, 9.17) is 21.6 Å².